The van der Waals surface area contributed by atoms with E-state index < -0.39 is 17.7 Å². The van der Waals surface area contributed by atoms with Crippen LogP contribution in [0.1, 0.15) is 18.6 Å². The molecule has 21 heavy (non-hydrogen) atoms. The minimum atomic E-state index is -1.11. The van der Waals surface area contributed by atoms with Crippen molar-refractivity contribution in [2.24, 2.45) is 0 Å². The highest BCUT2D eigenvalue weighted by Gasteiger charge is 2.21. The SMILES string of the molecule is COCCN(CC(O)c1cccc(F)c1F)C(C)COC. The summed E-state index contributed by atoms with van der Waals surface area (Å²) >= 11 is 0. The topological polar surface area (TPSA) is 41.9 Å². The summed E-state index contributed by atoms with van der Waals surface area (Å²) in [6.07, 6.45) is -1.11. The van der Waals surface area contributed by atoms with Crippen molar-refractivity contribution in [1.29, 1.82) is 0 Å². The smallest absolute Gasteiger partial charge is 0.164 e. The fourth-order valence-corrected chi connectivity index (χ4v) is 2.15. The number of nitrogens with zero attached hydrogens (tertiary/aromatic N) is 1. The standard InChI is InChI=1S/C15H23F2NO3/c1-11(10-21-3)18(7-8-20-2)9-14(19)12-5-4-6-13(16)15(12)17/h4-6,11,14,19H,7-10H2,1-3H3. The number of aliphatic hydroxyl groups is 1. The Labute approximate surface area is 124 Å². The quantitative estimate of drug-likeness (QED) is 0.757. The molecule has 1 aromatic carbocycles. The molecule has 0 aliphatic carbocycles. The average molecular weight is 303 g/mol. The molecule has 0 spiro atoms. The normalized spacial score (nSPS) is 14.4. The Morgan fingerprint density at radius 1 is 1.24 bits per heavy atom. The Kier molecular flexibility index (Phi) is 7.74. The molecular formula is C15H23F2NO3. The van der Waals surface area contributed by atoms with Gasteiger partial charge < -0.3 is 14.6 Å². The van der Waals surface area contributed by atoms with E-state index in [1.807, 2.05) is 11.8 Å². The Morgan fingerprint density at radius 2 is 1.95 bits per heavy atom. The molecule has 0 aliphatic heterocycles. The molecule has 0 amide bonds. The molecule has 0 aromatic heterocycles. The molecule has 1 rings (SSSR count). The number of benzene rings is 1. The molecule has 1 aromatic rings. The van der Waals surface area contributed by atoms with Gasteiger partial charge in [0.25, 0.3) is 0 Å². The number of hydrogen-bond acceptors (Lipinski definition) is 4. The highest BCUT2D eigenvalue weighted by molar-refractivity contribution is 5.21. The van der Waals surface area contributed by atoms with E-state index in [4.69, 9.17) is 9.47 Å². The summed E-state index contributed by atoms with van der Waals surface area (Å²) in [4.78, 5) is 1.92. The molecule has 1 N–H and O–H groups in total. The van der Waals surface area contributed by atoms with Crippen LogP contribution in [0, 0.1) is 11.6 Å². The predicted molar refractivity (Wildman–Crippen MR) is 76.1 cm³/mol. The molecule has 120 valence electrons. The molecule has 0 bridgehead atoms. The first-order chi connectivity index (χ1) is 10.0. The van der Waals surface area contributed by atoms with E-state index in [9.17, 15) is 13.9 Å². The van der Waals surface area contributed by atoms with Gasteiger partial charge in [-0.05, 0) is 13.0 Å². The van der Waals surface area contributed by atoms with E-state index in [1.165, 1.54) is 12.1 Å². The van der Waals surface area contributed by atoms with Crippen LogP contribution in [0.2, 0.25) is 0 Å². The maximum Gasteiger partial charge on any atom is 0.164 e. The zero-order valence-corrected chi connectivity index (χ0v) is 12.7. The highest BCUT2D eigenvalue weighted by atomic mass is 19.2. The van der Waals surface area contributed by atoms with E-state index in [1.54, 1.807) is 14.2 Å². The van der Waals surface area contributed by atoms with Crippen molar-refractivity contribution in [2.75, 3.05) is 40.5 Å². The van der Waals surface area contributed by atoms with E-state index in [2.05, 4.69) is 0 Å². The third-order valence-electron chi connectivity index (χ3n) is 3.36. The maximum atomic E-state index is 13.7. The lowest BCUT2D eigenvalue weighted by Crippen LogP contribution is -2.41. The maximum absolute atomic E-state index is 13.7. The average Bonchev–Trinajstić information content (AvgIpc) is 2.46. The summed E-state index contributed by atoms with van der Waals surface area (Å²) in [5.74, 6) is -1.96. The van der Waals surface area contributed by atoms with Crippen molar-refractivity contribution in [3.05, 3.63) is 35.4 Å². The number of aliphatic hydroxyl groups excluding tert-OH is 1. The molecule has 0 heterocycles. The van der Waals surface area contributed by atoms with Crippen LogP contribution in [0.5, 0.6) is 0 Å². The van der Waals surface area contributed by atoms with Crippen molar-refractivity contribution < 1.29 is 23.4 Å². The number of ether oxygens (including phenoxy) is 2. The van der Waals surface area contributed by atoms with Gasteiger partial charge in [-0.2, -0.15) is 0 Å². The lowest BCUT2D eigenvalue weighted by molar-refractivity contribution is 0.0374. The Morgan fingerprint density at radius 3 is 2.57 bits per heavy atom. The van der Waals surface area contributed by atoms with Gasteiger partial charge in [0, 0.05) is 38.9 Å². The number of halogens is 2. The van der Waals surface area contributed by atoms with Crippen LogP contribution in [0.15, 0.2) is 18.2 Å². The van der Waals surface area contributed by atoms with Crippen LogP contribution in [-0.4, -0.2) is 56.6 Å². The fraction of sp³-hybridized carbons (Fsp3) is 0.600. The van der Waals surface area contributed by atoms with Gasteiger partial charge in [-0.15, -0.1) is 0 Å². The monoisotopic (exact) mass is 303 g/mol. The van der Waals surface area contributed by atoms with E-state index >= 15 is 0 Å². The van der Waals surface area contributed by atoms with Crippen molar-refractivity contribution in [3.63, 3.8) is 0 Å². The van der Waals surface area contributed by atoms with Crippen LogP contribution in [0.4, 0.5) is 8.78 Å². The second-order valence-corrected chi connectivity index (χ2v) is 4.95. The van der Waals surface area contributed by atoms with Gasteiger partial charge in [0.1, 0.15) is 0 Å². The number of methoxy groups -OCH3 is 2. The second kappa shape index (κ2) is 9.04. The van der Waals surface area contributed by atoms with Gasteiger partial charge in [0.2, 0.25) is 0 Å². The van der Waals surface area contributed by atoms with Crippen LogP contribution >= 0.6 is 0 Å². The molecule has 0 saturated heterocycles. The van der Waals surface area contributed by atoms with Crippen LogP contribution in [0.25, 0.3) is 0 Å². The molecule has 2 unspecified atom stereocenters. The first-order valence-electron chi connectivity index (χ1n) is 6.85. The molecule has 0 saturated carbocycles. The van der Waals surface area contributed by atoms with Crippen molar-refractivity contribution in [3.8, 4) is 0 Å². The third kappa shape index (κ3) is 5.32. The van der Waals surface area contributed by atoms with Gasteiger partial charge in [-0.1, -0.05) is 12.1 Å². The summed E-state index contributed by atoms with van der Waals surface area (Å²) in [6.45, 7) is 3.63. The zero-order valence-electron chi connectivity index (χ0n) is 12.7. The lowest BCUT2D eigenvalue weighted by atomic mass is 10.1. The van der Waals surface area contributed by atoms with Crippen LogP contribution < -0.4 is 0 Å². The van der Waals surface area contributed by atoms with E-state index in [0.29, 0.717) is 19.8 Å². The minimum absolute atomic E-state index is 0.0245. The summed E-state index contributed by atoms with van der Waals surface area (Å²) in [6, 6.07) is 3.83. The fourth-order valence-electron chi connectivity index (χ4n) is 2.15. The lowest BCUT2D eigenvalue weighted by Gasteiger charge is -2.30. The summed E-state index contributed by atoms with van der Waals surface area (Å²) < 4.78 is 37.0. The summed E-state index contributed by atoms with van der Waals surface area (Å²) in [5.41, 5.74) is -0.0398. The minimum Gasteiger partial charge on any atom is -0.387 e. The zero-order chi connectivity index (χ0) is 15.8. The van der Waals surface area contributed by atoms with Gasteiger partial charge in [-0.3, -0.25) is 4.90 Å². The first-order valence-corrected chi connectivity index (χ1v) is 6.85. The van der Waals surface area contributed by atoms with Gasteiger partial charge >= 0.3 is 0 Å². The van der Waals surface area contributed by atoms with Crippen LogP contribution in [-0.2, 0) is 9.47 Å². The number of hydrogen-bond donors (Lipinski definition) is 1. The third-order valence-corrected chi connectivity index (χ3v) is 3.36. The molecule has 0 fully saturated rings. The highest BCUT2D eigenvalue weighted by Crippen LogP contribution is 2.21. The van der Waals surface area contributed by atoms with Gasteiger partial charge in [-0.25, -0.2) is 8.78 Å². The largest absolute Gasteiger partial charge is 0.387 e. The van der Waals surface area contributed by atoms with E-state index in [0.717, 1.165) is 6.07 Å². The van der Waals surface area contributed by atoms with Crippen molar-refractivity contribution in [1.82, 2.24) is 4.90 Å². The van der Waals surface area contributed by atoms with Gasteiger partial charge in [0.15, 0.2) is 11.6 Å². The molecule has 0 aliphatic rings. The Bertz CT molecular complexity index is 431. The molecule has 2 atom stereocenters. The Hall–Kier alpha value is -1.08. The van der Waals surface area contributed by atoms with Crippen molar-refractivity contribution >= 4 is 0 Å². The van der Waals surface area contributed by atoms with E-state index in [-0.39, 0.29) is 18.2 Å². The van der Waals surface area contributed by atoms with Crippen LogP contribution in [0.3, 0.4) is 0 Å². The predicted octanol–water partition coefficient (Wildman–Crippen LogP) is 1.98. The molecule has 6 heteroatoms. The van der Waals surface area contributed by atoms with Crippen molar-refractivity contribution in [2.45, 2.75) is 19.1 Å². The van der Waals surface area contributed by atoms with Gasteiger partial charge in [0.05, 0.1) is 19.3 Å². The molecular weight excluding hydrogens is 280 g/mol. The second-order valence-electron chi connectivity index (χ2n) is 4.95. The summed E-state index contributed by atoms with van der Waals surface area (Å²) in [7, 11) is 3.18. The number of rotatable bonds is 9. The molecule has 0 radical (unpaired) electrons. The molecule has 4 nitrogen and oxygen atoms in total. The Balaban J connectivity index is 2.78. The summed E-state index contributed by atoms with van der Waals surface area (Å²) in [5, 5.41) is 10.2. The first kappa shape index (κ1) is 18.0.